The number of likely N-dealkylation sites (N-methyl/N-ethyl adjacent to an activating group) is 1. The zero-order valence-electron chi connectivity index (χ0n) is 12.5. The van der Waals surface area contributed by atoms with Crippen molar-refractivity contribution in [3.63, 3.8) is 0 Å². The summed E-state index contributed by atoms with van der Waals surface area (Å²) in [6.45, 7) is 1.81. The third-order valence-corrected chi connectivity index (χ3v) is 3.02. The second-order valence-electron chi connectivity index (χ2n) is 4.73. The predicted molar refractivity (Wildman–Crippen MR) is 76.0 cm³/mol. The minimum Gasteiger partial charge on any atom is -0.493 e. The van der Waals surface area contributed by atoms with Crippen molar-refractivity contribution < 1.29 is 28.2 Å². The van der Waals surface area contributed by atoms with Crippen LogP contribution in [0.4, 0.5) is 8.78 Å². The smallest absolute Gasteiger partial charge is 0.353 e. The molecule has 0 saturated carbocycles. The summed E-state index contributed by atoms with van der Waals surface area (Å²) in [4.78, 5) is 23.2. The van der Waals surface area contributed by atoms with E-state index in [9.17, 15) is 18.4 Å². The number of amides is 1. The van der Waals surface area contributed by atoms with E-state index in [1.165, 1.54) is 19.2 Å². The highest BCUT2D eigenvalue weighted by Gasteiger charge is 2.45. The Hall–Kier alpha value is -2.18. The number of para-hydroxylation sites is 1. The lowest BCUT2D eigenvalue weighted by molar-refractivity contribution is -0.158. The van der Waals surface area contributed by atoms with E-state index < -0.39 is 23.4 Å². The number of hydrogen-bond donors (Lipinski definition) is 1. The molecule has 0 aliphatic rings. The molecule has 0 aliphatic carbocycles. The SMILES string of the molecule is CCOc1ccccc1C(F)(F)C(=O)N(C)CCCC(=O)O. The first-order valence-corrected chi connectivity index (χ1v) is 6.88. The van der Waals surface area contributed by atoms with Gasteiger partial charge in [-0.2, -0.15) is 8.78 Å². The quantitative estimate of drug-likeness (QED) is 0.800. The van der Waals surface area contributed by atoms with Crippen LogP contribution in [0.2, 0.25) is 0 Å². The van der Waals surface area contributed by atoms with Crippen LogP contribution in [0, 0.1) is 0 Å². The van der Waals surface area contributed by atoms with E-state index in [1.807, 2.05) is 0 Å². The molecule has 122 valence electrons. The van der Waals surface area contributed by atoms with Crippen LogP contribution >= 0.6 is 0 Å². The lowest BCUT2D eigenvalue weighted by atomic mass is 10.1. The van der Waals surface area contributed by atoms with Crippen LogP contribution in [0.1, 0.15) is 25.3 Å². The number of carboxylic acid groups (broad SMARTS) is 1. The molecule has 0 saturated heterocycles. The molecular weight excluding hydrogens is 296 g/mol. The molecule has 0 fully saturated rings. The fraction of sp³-hybridized carbons (Fsp3) is 0.467. The number of nitrogens with zero attached hydrogens (tertiary/aromatic N) is 1. The number of carbonyl (C=O) groups is 2. The van der Waals surface area contributed by atoms with Crippen molar-refractivity contribution >= 4 is 11.9 Å². The van der Waals surface area contributed by atoms with Crippen molar-refractivity contribution in [2.45, 2.75) is 25.7 Å². The molecule has 1 amide bonds. The summed E-state index contributed by atoms with van der Waals surface area (Å²) in [5.74, 6) is -6.19. The van der Waals surface area contributed by atoms with E-state index >= 15 is 0 Å². The monoisotopic (exact) mass is 315 g/mol. The summed E-state index contributed by atoms with van der Waals surface area (Å²) in [7, 11) is 1.22. The van der Waals surface area contributed by atoms with Gasteiger partial charge in [0, 0.05) is 20.0 Å². The van der Waals surface area contributed by atoms with Crippen LogP contribution in [-0.4, -0.2) is 42.1 Å². The van der Waals surface area contributed by atoms with Gasteiger partial charge in [-0.1, -0.05) is 12.1 Å². The fourth-order valence-corrected chi connectivity index (χ4v) is 1.93. The maximum Gasteiger partial charge on any atom is 0.353 e. The number of carboxylic acids is 1. The minimum atomic E-state index is -3.73. The van der Waals surface area contributed by atoms with Gasteiger partial charge in [0.05, 0.1) is 12.2 Å². The lowest BCUT2D eigenvalue weighted by Gasteiger charge is -2.24. The molecule has 0 bridgehead atoms. The highest BCUT2D eigenvalue weighted by molar-refractivity contribution is 5.85. The Kier molecular flexibility index (Phi) is 6.27. The van der Waals surface area contributed by atoms with Crippen molar-refractivity contribution in [3.05, 3.63) is 29.8 Å². The summed E-state index contributed by atoms with van der Waals surface area (Å²) in [6.07, 6.45) is -0.0700. The summed E-state index contributed by atoms with van der Waals surface area (Å²) in [5.41, 5.74) is -0.494. The predicted octanol–water partition coefficient (Wildman–Crippen LogP) is 2.50. The van der Waals surface area contributed by atoms with Crippen molar-refractivity contribution in [2.24, 2.45) is 0 Å². The average molecular weight is 315 g/mol. The molecule has 0 unspecified atom stereocenters. The van der Waals surface area contributed by atoms with Gasteiger partial charge in [0.15, 0.2) is 0 Å². The van der Waals surface area contributed by atoms with Crippen LogP contribution in [0.25, 0.3) is 0 Å². The number of rotatable bonds is 8. The summed E-state index contributed by atoms with van der Waals surface area (Å²) >= 11 is 0. The zero-order chi connectivity index (χ0) is 16.8. The van der Waals surface area contributed by atoms with Crippen LogP contribution in [-0.2, 0) is 15.5 Å². The molecule has 0 heterocycles. The van der Waals surface area contributed by atoms with Gasteiger partial charge in [0.25, 0.3) is 5.91 Å². The van der Waals surface area contributed by atoms with Crippen molar-refractivity contribution in [1.29, 1.82) is 0 Å². The van der Waals surface area contributed by atoms with Gasteiger partial charge in [-0.15, -0.1) is 0 Å². The van der Waals surface area contributed by atoms with Crippen molar-refractivity contribution in [3.8, 4) is 5.75 Å². The molecule has 22 heavy (non-hydrogen) atoms. The van der Waals surface area contributed by atoms with E-state index in [-0.39, 0.29) is 31.7 Å². The molecule has 0 spiro atoms. The molecule has 0 atom stereocenters. The Labute approximate surface area is 127 Å². The second-order valence-corrected chi connectivity index (χ2v) is 4.73. The van der Waals surface area contributed by atoms with E-state index in [2.05, 4.69) is 0 Å². The Morgan fingerprint density at radius 3 is 2.55 bits per heavy atom. The summed E-state index contributed by atoms with van der Waals surface area (Å²) in [5, 5.41) is 8.53. The lowest BCUT2D eigenvalue weighted by Crippen LogP contribution is -2.40. The molecule has 1 N–H and O–H groups in total. The minimum absolute atomic E-state index is 0.0396. The third-order valence-electron chi connectivity index (χ3n) is 3.02. The topological polar surface area (TPSA) is 66.8 Å². The van der Waals surface area contributed by atoms with Gasteiger partial charge in [0.2, 0.25) is 0 Å². The highest BCUT2D eigenvalue weighted by atomic mass is 19.3. The Morgan fingerprint density at radius 1 is 1.32 bits per heavy atom. The van der Waals surface area contributed by atoms with Crippen LogP contribution in [0.5, 0.6) is 5.75 Å². The largest absolute Gasteiger partial charge is 0.493 e. The number of halogens is 2. The number of alkyl halides is 2. The number of aliphatic carboxylic acids is 1. The van der Waals surface area contributed by atoms with Gasteiger partial charge in [-0.05, 0) is 25.5 Å². The second kappa shape index (κ2) is 7.72. The maximum absolute atomic E-state index is 14.4. The van der Waals surface area contributed by atoms with E-state index in [4.69, 9.17) is 9.84 Å². The van der Waals surface area contributed by atoms with Gasteiger partial charge in [-0.25, -0.2) is 0 Å². The third kappa shape index (κ3) is 4.41. The molecule has 7 heteroatoms. The molecular formula is C15H19F2NO4. The van der Waals surface area contributed by atoms with Crippen LogP contribution in [0.15, 0.2) is 24.3 Å². The average Bonchev–Trinajstić information content (AvgIpc) is 2.46. The molecule has 1 rings (SSSR count). The molecule has 5 nitrogen and oxygen atoms in total. The van der Waals surface area contributed by atoms with Crippen molar-refractivity contribution in [1.82, 2.24) is 4.90 Å². The summed E-state index contributed by atoms with van der Waals surface area (Å²) in [6, 6.07) is 5.48. The highest BCUT2D eigenvalue weighted by Crippen LogP contribution is 2.36. The van der Waals surface area contributed by atoms with Crippen LogP contribution < -0.4 is 4.74 Å². The fourth-order valence-electron chi connectivity index (χ4n) is 1.93. The molecule has 0 aliphatic heterocycles. The van der Waals surface area contributed by atoms with Gasteiger partial charge in [-0.3, -0.25) is 9.59 Å². The number of ether oxygens (including phenoxy) is 1. The molecule has 1 aromatic rings. The first-order valence-electron chi connectivity index (χ1n) is 6.88. The maximum atomic E-state index is 14.4. The number of carbonyl (C=O) groups excluding carboxylic acids is 1. The Balaban J connectivity index is 2.88. The molecule has 0 radical (unpaired) electrons. The summed E-state index contributed by atoms with van der Waals surface area (Å²) < 4.78 is 33.9. The van der Waals surface area contributed by atoms with Gasteiger partial charge < -0.3 is 14.7 Å². The first kappa shape index (κ1) is 17.9. The van der Waals surface area contributed by atoms with Crippen LogP contribution in [0.3, 0.4) is 0 Å². The number of benzene rings is 1. The zero-order valence-corrected chi connectivity index (χ0v) is 12.5. The van der Waals surface area contributed by atoms with Crippen molar-refractivity contribution in [2.75, 3.05) is 20.2 Å². The molecule has 0 aromatic heterocycles. The Bertz CT molecular complexity index is 534. The molecule has 1 aromatic carbocycles. The van der Waals surface area contributed by atoms with Gasteiger partial charge >= 0.3 is 11.9 Å². The van der Waals surface area contributed by atoms with E-state index in [0.29, 0.717) is 0 Å². The van der Waals surface area contributed by atoms with Gasteiger partial charge in [0.1, 0.15) is 5.75 Å². The Morgan fingerprint density at radius 2 is 1.95 bits per heavy atom. The van der Waals surface area contributed by atoms with E-state index in [1.54, 1.807) is 13.0 Å². The van der Waals surface area contributed by atoms with E-state index in [0.717, 1.165) is 11.0 Å². The number of hydrogen-bond acceptors (Lipinski definition) is 3. The standard InChI is InChI=1S/C15H19F2NO4/c1-3-22-12-8-5-4-7-11(12)15(16,17)14(21)18(2)10-6-9-13(19)20/h4-5,7-8H,3,6,9-10H2,1-2H3,(H,19,20). The first-order chi connectivity index (χ1) is 10.3. The normalized spacial score (nSPS) is 11.1.